The smallest absolute Gasteiger partial charge is 0.255 e. The lowest BCUT2D eigenvalue weighted by molar-refractivity contribution is 0.102. The number of halogens is 2. The molecule has 0 aromatic heterocycles. The highest BCUT2D eigenvalue weighted by Gasteiger charge is 2.28. The molecule has 1 aliphatic heterocycles. The summed E-state index contributed by atoms with van der Waals surface area (Å²) in [5.41, 5.74) is 1.45. The van der Waals surface area contributed by atoms with Crippen LogP contribution in [0.1, 0.15) is 16.8 Å². The van der Waals surface area contributed by atoms with Crippen molar-refractivity contribution < 1.29 is 17.9 Å². The molecule has 3 aromatic rings. The number of carbonyl (C=O) groups is 1. The molecule has 1 fully saturated rings. The number of carbonyl (C=O) groups excluding carboxylic acids is 1. The second kappa shape index (κ2) is 8.78. The standard InChI is InChI=1S/C22H18Cl2N2O4S/c23-16-3-1-4-19(13-16)30-21-14-17(7-10-20(21)24)25-22(27)15-5-8-18(9-6-15)26-11-2-12-31(26,28)29/h1,3-10,13-14H,2,11-12H2,(H,25,27). The predicted octanol–water partition coefficient (Wildman–Crippen LogP) is 5.58. The first kappa shape index (κ1) is 21.5. The van der Waals surface area contributed by atoms with E-state index >= 15 is 0 Å². The number of hydrogen-bond donors (Lipinski definition) is 1. The molecule has 0 unspecified atom stereocenters. The van der Waals surface area contributed by atoms with E-state index in [9.17, 15) is 13.2 Å². The minimum Gasteiger partial charge on any atom is -0.456 e. The Morgan fingerprint density at radius 2 is 1.77 bits per heavy atom. The lowest BCUT2D eigenvalue weighted by Crippen LogP contribution is -2.25. The zero-order valence-corrected chi connectivity index (χ0v) is 18.5. The molecule has 9 heteroatoms. The van der Waals surface area contributed by atoms with Crippen molar-refractivity contribution in [2.75, 3.05) is 21.9 Å². The molecule has 1 saturated heterocycles. The number of nitrogens with one attached hydrogen (secondary N) is 1. The Labute approximate surface area is 190 Å². The fourth-order valence-corrected chi connectivity index (χ4v) is 5.13. The van der Waals surface area contributed by atoms with Gasteiger partial charge in [0.2, 0.25) is 10.0 Å². The summed E-state index contributed by atoms with van der Waals surface area (Å²) in [7, 11) is -3.26. The fraction of sp³-hybridized carbons (Fsp3) is 0.136. The number of benzene rings is 3. The Kier molecular flexibility index (Phi) is 6.09. The van der Waals surface area contributed by atoms with Gasteiger partial charge in [-0.2, -0.15) is 0 Å². The molecule has 160 valence electrons. The van der Waals surface area contributed by atoms with Crippen molar-refractivity contribution in [3.05, 3.63) is 82.3 Å². The average molecular weight is 477 g/mol. The first-order valence-corrected chi connectivity index (χ1v) is 11.8. The largest absolute Gasteiger partial charge is 0.456 e. The van der Waals surface area contributed by atoms with Crippen molar-refractivity contribution in [3.8, 4) is 11.5 Å². The zero-order valence-electron chi connectivity index (χ0n) is 16.2. The zero-order chi connectivity index (χ0) is 22.0. The van der Waals surface area contributed by atoms with Gasteiger partial charge in [0.15, 0.2) is 0 Å². The number of ether oxygens (including phenoxy) is 1. The number of rotatable bonds is 5. The van der Waals surface area contributed by atoms with Crippen LogP contribution in [0.25, 0.3) is 0 Å². The van der Waals surface area contributed by atoms with Gasteiger partial charge in [0.25, 0.3) is 5.91 Å². The second-order valence-electron chi connectivity index (χ2n) is 6.95. The third kappa shape index (κ3) is 4.95. The predicted molar refractivity (Wildman–Crippen MR) is 123 cm³/mol. The molecule has 0 spiro atoms. The quantitative estimate of drug-likeness (QED) is 0.521. The third-order valence-corrected chi connectivity index (χ3v) is 7.15. The summed E-state index contributed by atoms with van der Waals surface area (Å²) in [5, 5.41) is 3.71. The van der Waals surface area contributed by atoms with Crippen molar-refractivity contribution in [2.24, 2.45) is 0 Å². The maximum absolute atomic E-state index is 12.6. The monoisotopic (exact) mass is 476 g/mol. The third-order valence-electron chi connectivity index (χ3n) is 4.73. The highest BCUT2D eigenvalue weighted by Crippen LogP contribution is 2.33. The molecular formula is C22H18Cl2N2O4S. The van der Waals surface area contributed by atoms with Crippen LogP contribution < -0.4 is 14.4 Å². The average Bonchev–Trinajstić information content (AvgIpc) is 3.09. The molecule has 1 amide bonds. The van der Waals surface area contributed by atoms with Crippen LogP contribution in [0.3, 0.4) is 0 Å². The van der Waals surface area contributed by atoms with Crippen LogP contribution in [0.15, 0.2) is 66.7 Å². The van der Waals surface area contributed by atoms with Gasteiger partial charge in [0, 0.05) is 28.9 Å². The molecular weight excluding hydrogens is 459 g/mol. The van der Waals surface area contributed by atoms with Gasteiger partial charge >= 0.3 is 0 Å². The molecule has 31 heavy (non-hydrogen) atoms. The van der Waals surface area contributed by atoms with E-state index < -0.39 is 10.0 Å². The summed E-state index contributed by atoms with van der Waals surface area (Å²) < 4.78 is 31.2. The van der Waals surface area contributed by atoms with Crippen molar-refractivity contribution in [1.29, 1.82) is 0 Å². The van der Waals surface area contributed by atoms with E-state index in [1.807, 2.05) is 0 Å². The van der Waals surface area contributed by atoms with Crippen molar-refractivity contribution >= 4 is 50.5 Å². The highest BCUT2D eigenvalue weighted by atomic mass is 35.5. The van der Waals surface area contributed by atoms with Crippen LogP contribution in [0, 0.1) is 0 Å². The van der Waals surface area contributed by atoms with Gasteiger partial charge in [0.1, 0.15) is 11.5 Å². The van der Waals surface area contributed by atoms with E-state index in [0.29, 0.717) is 51.4 Å². The van der Waals surface area contributed by atoms with Crippen LogP contribution in [-0.4, -0.2) is 26.6 Å². The first-order chi connectivity index (χ1) is 14.8. The Balaban J connectivity index is 1.48. The van der Waals surface area contributed by atoms with E-state index in [2.05, 4.69) is 5.32 Å². The van der Waals surface area contributed by atoms with Crippen molar-refractivity contribution in [2.45, 2.75) is 6.42 Å². The minimum atomic E-state index is -3.26. The van der Waals surface area contributed by atoms with Gasteiger partial charge in [-0.05, 0) is 61.0 Å². The molecule has 0 bridgehead atoms. The minimum absolute atomic E-state index is 0.144. The van der Waals surface area contributed by atoms with Gasteiger partial charge in [-0.25, -0.2) is 8.42 Å². The summed E-state index contributed by atoms with van der Waals surface area (Å²) in [5.74, 6) is 0.694. The topological polar surface area (TPSA) is 75.7 Å². The second-order valence-corrected chi connectivity index (χ2v) is 9.80. The fourth-order valence-electron chi connectivity index (χ4n) is 3.23. The number of amides is 1. The molecule has 0 aliphatic carbocycles. The van der Waals surface area contributed by atoms with Crippen LogP contribution in [-0.2, 0) is 10.0 Å². The van der Waals surface area contributed by atoms with Crippen molar-refractivity contribution in [1.82, 2.24) is 0 Å². The van der Waals surface area contributed by atoms with Gasteiger partial charge in [-0.15, -0.1) is 0 Å². The molecule has 0 atom stereocenters. The summed E-state index contributed by atoms with van der Waals surface area (Å²) in [6.45, 7) is 0.452. The van der Waals surface area contributed by atoms with Gasteiger partial charge in [0.05, 0.1) is 16.5 Å². The number of anilines is 2. The van der Waals surface area contributed by atoms with Gasteiger partial charge in [-0.1, -0.05) is 29.3 Å². The Morgan fingerprint density at radius 3 is 2.45 bits per heavy atom. The Bertz CT molecular complexity index is 1230. The highest BCUT2D eigenvalue weighted by molar-refractivity contribution is 7.93. The number of nitrogens with zero attached hydrogens (tertiary/aromatic N) is 1. The lowest BCUT2D eigenvalue weighted by Gasteiger charge is -2.17. The molecule has 0 saturated carbocycles. The maximum atomic E-state index is 12.6. The summed E-state index contributed by atoms with van der Waals surface area (Å²) in [6.07, 6.45) is 0.598. The van der Waals surface area contributed by atoms with Gasteiger partial charge in [-0.3, -0.25) is 9.10 Å². The molecule has 0 radical (unpaired) electrons. The van der Waals surface area contributed by atoms with Gasteiger partial charge < -0.3 is 10.1 Å². The summed E-state index contributed by atoms with van der Waals surface area (Å²) >= 11 is 12.2. The van der Waals surface area contributed by atoms with E-state index in [-0.39, 0.29) is 11.7 Å². The van der Waals surface area contributed by atoms with E-state index in [0.717, 1.165) is 0 Å². The molecule has 3 aromatic carbocycles. The lowest BCUT2D eigenvalue weighted by atomic mass is 10.2. The molecule has 6 nitrogen and oxygen atoms in total. The van der Waals surface area contributed by atoms with Crippen LogP contribution in [0.4, 0.5) is 11.4 Å². The molecule has 4 rings (SSSR count). The number of sulfonamides is 1. The SMILES string of the molecule is O=C(Nc1ccc(Cl)c(Oc2cccc(Cl)c2)c1)c1ccc(N2CCCS2(=O)=O)cc1. The summed E-state index contributed by atoms with van der Waals surface area (Å²) in [4.78, 5) is 12.6. The van der Waals surface area contributed by atoms with E-state index in [1.165, 1.54) is 4.31 Å². The van der Waals surface area contributed by atoms with E-state index in [4.69, 9.17) is 27.9 Å². The maximum Gasteiger partial charge on any atom is 0.255 e. The molecule has 1 aliphatic rings. The van der Waals surface area contributed by atoms with Crippen LogP contribution in [0.5, 0.6) is 11.5 Å². The summed E-state index contributed by atoms with van der Waals surface area (Å²) in [6, 6.07) is 18.3. The van der Waals surface area contributed by atoms with Crippen LogP contribution in [0.2, 0.25) is 10.0 Å². The van der Waals surface area contributed by atoms with Crippen molar-refractivity contribution in [3.63, 3.8) is 0 Å². The van der Waals surface area contributed by atoms with Crippen LogP contribution >= 0.6 is 23.2 Å². The molecule has 1 heterocycles. The number of hydrogen-bond acceptors (Lipinski definition) is 4. The van der Waals surface area contributed by atoms with E-state index in [1.54, 1.807) is 66.7 Å². The molecule has 1 N–H and O–H groups in total. The normalized spacial score (nSPS) is 15.0. The first-order valence-electron chi connectivity index (χ1n) is 9.47. The Hall–Kier alpha value is -2.74. The Morgan fingerprint density at radius 1 is 1.00 bits per heavy atom.